The summed E-state index contributed by atoms with van der Waals surface area (Å²) in [5, 5.41) is 8.66. The van der Waals surface area contributed by atoms with Gasteiger partial charge < -0.3 is 5.11 Å². The van der Waals surface area contributed by atoms with Crippen LogP contribution in [0.25, 0.3) is 0 Å². The van der Waals surface area contributed by atoms with Crippen LogP contribution in [0.1, 0.15) is 38.2 Å². The summed E-state index contributed by atoms with van der Waals surface area (Å²) in [7, 11) is -3.41. The Morgan fingerprint density at radius 3 is 2.48 bits per heavy atom. The van der Waals surface area contributed by atoms with E-state index < -0.39 is 10.0 Å². The quantitative estimate of drug-likeness (QED) is 0.647. The van der Waals surface area contributed by atoms with E-state index in [1.807, 2.05) is 12.1 Å². The van der Waals surface area contributed by atoms with Crippen LogP contribution in [0, 0.1) is 0 Å². The molecule has 1 unspecified atom stereocenters. The minimum absolute atomic E-state index is 0.182. The Morgan fingerprint density at radius 2 is 1.90 bits per heavy atom. The molecule has 1 aromatic rings. The molecular weight excluding hydrogens is 306 g/mol. The molecule has 4 nitrogen and oxygen atoms in total. The van der Waals surface area contributed by atoms with Gasteiger partial charge in [-0.3, -0.25) is 0 Å². The van der Waals surface area contributed by atoms with Crippen molar-refractivity contribution >= 4 is 21.8 Å². The lowest BCUT2D eigenvalue weighted by molar-refractivity contribution is 0.296. The fourth-order valence-corrected chi connectivity index (χ4v) is 3.76. The highest BCUT2D eigenvalue weighted by molar-refractivity contribution is 7.99. The fourth-order valence-electron chi connectivity index (χ4n) is 1.81. The second-order valence-corrected chi connectivity index (χ2v) is 7.96. The molecule has 2 N–H and O–H groups in total. The maximum absolute atomic E-state index is 12.1. The van der Waals surface area contributed by atoms with Gasteiger partial charge in [-0.15, -0.1) is 0 Å². The van der Waals surface area contributed by atoms with Crippen molar-refractivity contribution in [3.05, 3.63) is 29.8 Å². The smallest absolute Gasteiger partial charge is 0.240 e. The Kier molecular flexibility index (Phi) is 8.33. The number of hydrogen-bond donors (Lipinski definition) is 2. The molecule has 0 aliphatic rings. The zero-order chi connectivity index (χ0) is 15.7. The van der Waals surface area contributed by atoms with Crippen molar-refractivity contribution in [2.24, 2.45) is 0 Å². The Labute approximate surface area is 132 Å². The molecule has 21 heavy (non-hydrogen) atoms. The van der Waals surface area contributed by atoms with Gasteiger partial charge in [-0.25, -0.2) is 13.1 Å². The first-order valence-corrected chi connectivity index (χ1v) is 9.93. The van der Waals surface area contributed by atoms with E-state index in [-0.39, 0.29) is 6.61 Å². The summed E-state index contributed by atoms with van der Waals surface area (Å²) in [4.78, 5) is 0.315. The van der Waals surface area contributed by atoms with Crippen LogP contribution in [0.4, 0.5) is 0 Å². The molecule has 0 saturated carbocycles. The van der Waals surface area contributed by atoms with Crippen molar-refractivity contribution in [2.75, 3.05) is 24.7 Å². The van der Waals surface area contributed by atoms with Crippen molar-refractivity contribution in [1.82, 2.24) is 4.72 Å². The SMILES string of the molecule is CCC(C)c1ccc(S(=O)(=O)NCCSCCCO)cc1. The van der Waals surface area contributed by atoms with E-state index in [1.165, 1.54) is 0 Å². The molecule has 0 spiro atoms. The number of aliphatic hydroxyl groups is 1. The van der Waals surface area contributed by atoms with Crippen LogP contribution in [-0.4, -0.2) is 38.2 Å². The first kappa shape index (κ1) is 18.5. The highest BCUT2D eigenvalue weighted by Gasteiger charge is 2.13. The fraction of sp³-hybridized carbons (Fsp3) is 0.600. The second-order valence-electron chi connectivity index (χ2n) is 4.97. The molecule has 0 saturated heterocycles. The summed E-state index contributed by atoms with van der Waals surface area (Å²) < 4.78 is 26.8. The van der Waals surface area contributed by atoms with Gasteiger partial charge in [-0.05, 0) is 42.2 Å². The zero-order valence-electron chi connectivity index (χ0n) is 12.7. The highest BCUT2D eigenvalue weighted by atomic mass is 32.2. The third-order valence-corrected chi connectivity index (χ3v) is 5.90. The summed E-state index contributed by atoms with van der Waals surface area (Å²) in [6.45, 7) is 4.84. The summed E-state index contributed by atoms with van der Waals surface area (Å²) in [5.74, 6) is 2.00. The maximum Gasteiger partial charge on any atom is 0.240 e. The summed E-state index contributed by atoms with van der Waals surface area (Å²) in [6.07, 6.45) is 1.78. The molecule has 0 radical (unpaired) electrons. The summed E-state index contributed by atoms with van der Waals surface area (Å²) in [5.41, 5.74) is 1.16. The minimum Gasteiger partial charge on any atom is -0.396 e. The van der Waals surface area contributed by atoms with Crippen LogP contribution in [0.3, 0.4) is 0 Å². The van der Waals surface area contributed by atoms with Crippen molar-refractivity contribution in [1.29, 1.82) is 0 Å². The van der Waals surface area contributed by atoms with Crippen LogP contribution in [0.15, 0.2) is 29.2 Å². The van der Waals surface area contributed by atoms with E-state index in [1.54, 1.807) is 23.9 Å². The molecule has 0 fully saturated rings. The standard InChI is InChI=1S/C15H25NO3S2/c1-3-13(2)14-5-7-15(8-6-14)21(18,19)16-9-12-20-11-4-10-17/h5-8,13,16-17H,3-4,9-12H2,1-2H3. The molecule has 1 aromatic carbocycles. The lowest BCUT2D eigenvalue weighted by atomic mass is 9.99. The van der Waals surface area contributed by atoms with E-state index in [2.05, 4.69) is 18.6 Å². The Bertz CT molecular complexity index is 500. The van der Waals surface area contributed by atoms with Gasteiger partial charge in [0.1, 0.15) is 0 Å². The molecule has 120 valence electrons. The summed E-state index contributed by atoms with van der Waals surface area (Å²) >= 11 is 1.64. The van der Waals surface area contributed by atoms with Crippen LogP contribution in [-0.2, 0) is 10.0 Å². The molecule has 0 aliphatic heterocycles. The molecule has 1 atom stereocenters. The Balaban J connectivity index is 2.50. The number of rotatable bonds is 10. The van der Waals surface area contributed by atoms with Crippen LogP contribution < -0.4 is 4.72 Å². The summed E-state index contributed by atoms with van der Waals surface area (Å²) in [6, 6.07) is 7.11. The average Bonchev–Trinajstić information content (AvgIpc) is 2.50. The monoisotopic (exact) mass is 331 g/mol. The van der Waals surface area contributed by atoms with Gasteiger partial charge in [0.25, 0.3) is 0 Å². The molecular formula is C15H25NO3S2. The van der Waals surface area contributed by atoms with Gasteiger partial charge in [-0.2, -0.15) is 11.8 Å². The number of thioether (sulfide) groups is 1. The van der Waals surface area contributed by atoms with Crippen LogP contribution in [0.2, 0.25) is 0 Å². The van der Waals surface area contributed by atoms with Gasteiger partial charge in [0, 0.05) is 18.9 Å². The number of benzene rings is 1. The predicted octanol–water partition coefficient (Wildman–Crippen LogP) is 2.59. The molecule has 0 aliphatic carbocycles. The topological polar surface area (TPSA) is 66.4 Å². The van der Waals surface area contributed by atoms with E-state index in [0.29, 0.717) is 23.1 Å². The van der Waals surface area contributed by atoms with Crippen molar-refractivity contribution < 1.29 is 13.5 Å². The zero-order valence-corrected chi connectivity index (χ0v) is 14.3. The van der Waals surface area contributed by atoms with Crippen molar-refractivity contribution in [2.45, 2.75) is 37.5 Å². The number of nitrogens with one attached hydrogen (secondary N) is 1. The normalized spacial score (nSPS) is 13.3. The van der Waals surface area contributed by atoms with E-state index in [4.69, 9.17) is 5.11 Å². The third kappa shape index (κ3) is 6.38. The molecule has 0 aromatic heterocycles. The lowest BCUT2D eigenvalue weighted by Gasteiger charge is -2.10. The largest absolute Gasteiger partial charge is 0.396 e. The maximum atomic E-state index is 12.1. The van der Waals surface area contributed by atoms with Gasteiger partial charge in [0.15, 0.2) is 0 Å². The van der Waals surface area contributed by atoms with E-state index in [0.717, 1.165) is 24.2 Å². The number of aliphatic hydroxyl groups excluding tert-OH is 1. The number of hydrogen-bond acceptors (Lipinski definition) is 4. The van der Waals surface area contributed by atoms with Crippen molar-refractivity contribution in [3.63, 3.8) is 0 Å². The first-order valence-electron chi connectivity index (χ1n) is 7.29. The lowest BCUT2D eigenvalue weighted by Crippen LogP contribution is -2.26. The molecule has 6 heteroatoms. The highest BCUT2D eigenvalue weighted by Crippen LogP contribution is 2.20. The average molecular weight is 332 g/mol. The van der Waals surface area contributed by atoms with E-state index in [9.17, 15) is 8.42 Å². The molecule has 0 bridgehead atoms. The Morgan fingerprint density at radius 1 is 1.24 bits per heavy atom. The first-order chi connectivity index (χ1) is 10.0. The van der Waals surface area contributed by atoms with Crippen LogP contribution in [0.5, 0.6) is 0 Å². The third-order valence-electron chi connectivity index (χ3n) is 3.36. The van der Waals surface area contributed by atoms with Gasteiger partial charge in [-0.1, -0.05) is 26.0 Å². The molecule has 1 rings (SSSR count). The van der Waals surface area contributed by atoms with Crippen molar-refractivity contribution in [3.8, 4) is 0 Å². The van der Waals surface area contributed by atoms with Gasteiger partial charge in [0.2, 0.25) is 10.0 Å². The van der Waals surface area contributed by atoms with Gasteiger partial charge in [0.05, 0.1) is 4.90 Å². The molecule has 0 amide bonds. The predicted molar refractivity (Wildman–Crippen MR) is 89.4 cm³/mol. The second kappa shape index (κ2) is 9.46. The van der Waals surface area contributed by atoms with Gasteiger partial charge >= 0.3 is 0 Å². The number of sulfonamides is 1. The van der Waals surface area contributed by atoms with Crippen LogP contribution >= 0.6 is 11.8 Å². The molecule has 0 heterocycles. The minimum atomic E-state index is -3.41. The Hall–Kier alpha value is -0.560. The van der Waals surface area contributed by atoms with E-state index >= 15 is 0 Å².